The van der Waals surface area contributed by atoms with Crippen LogP contribution in [0.3, 0.4) is 0 Å². The summed E-state index contributed by atoms with van der Waals surface area (Å²) in [4.78, 5) is 45.8. The molecule has 0 unspecified atom stereocenters. The molecule has 11 heavy (non-hydrogen) atoms. The van der Waals surface area contributed by atoms with Crippen LogP contribution in [0.5, 0.6) is 0 Å². The van der Waals surface area contributed by atoms with Crippen LogP contribution >= 0.6 is 15.6 Å². The van der Waals surface area contributed by atoms with E-state index in [4.69, 9.17) is 38.5 Å². The normalized spacial score (nSPS) is 10.7. The Morgan fingerprint density at radius 1 is 0.818 bits per heavy atom. The van der Waals surface area contributed by atoms with Gasteiger partial charge in [-0.2, -0.15) is 0 Å². The van der Waals surface area contributed by atoms with Crippen molar-refractivity contribution in [1.29, 1.82) is 0 Å². The average Bonchev–Trinajstić information content (AvgIpc) is 1.12. The van der Waals surface area contributed by atoms with Gasteiger partial charge in [0.05, 0.1) is 0 Å². The second kappa shape index (κ2) is 6.37. The first kappa shape index (κ1) is 17.8. The molecule has 64 valence electrons. The van der Waals surface area contributed by atoms with E-state index in [2.05, 4.69) is 0 Å². The van der Waals surface area contributed by atoms with Crippen molar-refractivity contribution in [3.63, 3.8) is 0 Å². The minimum Gasteiger partial charge on any atom is -0.756 e. The van der Waals surface area contributed by atoms with E-state index in [1.165, 1.54) is 0 Å². The molecule has 0 heterocycles. The number of phosphoric acid groups is 2. The fraction of sp³-hybridized carbons (Fsp3) is 0. The molecule has 0 bridgehead atoms. The Balaban J connectivity index is -0.000000107. The number of hydrogen-bond donors (Lipinski definition) is 4. The van der Waals surface area contributed by atoms with Crippen molar-refractivity contribution in [2.75, 3.05) is 0 Å². The zero-order chi connectivity index (χ0) is 9.00. The molecule has 0 aliphatic heterocycles. The first-order valence-corrected chi connectivity index (χ1v) is 4.59. The van der Waals surface area contributed by atoms with Crippen molar-refractivity contribution >= 4 is 15.6 Å². The Morgan fingerprint density at radius 2 is 0.818 bits per heavy atom. The van der Waals surface area contributed by atoms with Gasteiger partial charge in [0.1, 0.15) is 0 Å². The summed E-state index contributed by atoms with van der Waals surface area (Å²) in [6, 6.07) is 0. The molecular formula is H4O8P2Zn. The summed E-state index contributed by atoms with van der Waals surface area (Å²) in [6.45, 7) is 0. The monoisotopic (exact) mass is 258 g/mol. The number of hydrogen-bond acceptors (Lipinski definition) is 4. The van der Waals surface area contributed by atoms with Gasteiger partial charge in [0, 0.05) is 0 Å². The van der Waals surface area contributed by atoms with Crippen LogP contribution in [-0.4, -0.2) is 19.6 Å². The molecule has 0 atom stereocenters. The van der Waals surface area contributed by atoms with Crippen molar-refractivity contribution in [3.05, 3.63) is 0 Å². The van der Waals surface area contributed by atoms with Gasteiger partial charge in [0.2, 0.25) is 0 Å². The molecule has 0 saturated heterocycles. The van der Waals surface area contributed by atoms with E-state index >= 15 is 0 Å². The van der Waals surface area contributed by atoms with Crippen LogP contribution in [0.2, 0.25) is 0 Å². The zero-order valence-corrected chi connectivity index (χ0v) is 9.78. The summed E-state index contributed by atoms with van der Waals surface area (Å²) in [5, 5.41) is 0. The van der Waals surface area contributed by atoms with Crippen LogP contribution in [0, 0.1) is 0 Å². The van der Waals surface area contributed by atoms with Crippen molar-refractivity contribution in [3.8, 4) is 0 Å². The van der Waals surface area contributed by atoms with Crippen molar-refractivity contribution in [1.82, 2.24) is 0 Å². The second-order valence-corrected chi connectivity index (χ2v) is 2.94. The van der Waals surface area contributed by atoms with E-state index in [0.29, 0.717) is 0 Å². The molecule has 0 rings (SSSR count). The fourth-order valence-electron chi connectivity index (χ4n) is 0. The van der Waals surface area contributed by atoms with Crippen LogP contribution in [-0.2, 0) is 28.6 Å². The van der Waals surface area contributed by atoms with Gasteiger partial charge in [-0.05, 0) is 0 Å². The maximum atomic E-state index is 8.77. The minimum absolute atomic E-state index is 0. The third kappa shape index (κ3) is 1190. The molecule has 0 saturated carbocycles. The van der Waals surface area contributed by atoms with Gasteiger partial charge in [-0.1, -0.05) is 0 Å². The summed E-state index contributed by atoms with van der Waals surface area (Å²) < 4.78 is 17.5. The Hall–Kier alpha value is 0.843. The Bertz CT molecular complexity index is 124. The fourth-order valence-corrected chi connectivity index (χ4v) is 0. The standard InChI is InChI=1S/2H3O4P.Zn/c2*1-5(2,3)4;/h2*(H3,1,2,3,4);/q;;+2/p-2. The summed E-state index contributed by atoms with van der Waals surface area (Å²) in [6.07, 6.45) is 0. The molecule has 0 spiro atoms. The molecule has 0 amide bonds. The van der Waals surface area contributed by atoms with Crippen LogP contribution in [0.25, 0.3) is 0 Å². The van der Waals surface area contributed by atoms with Crippen molar-refractivity contribution in [2.24, 2.45) is 0 Å². The Morgan fingerprint density at radius 3 is 0.818 bits per heavy atom. The molecule has 0 aromatic heterocycles. The third-order valence-electron chi connectivity index (χ3n) is 0. The summed E-state index contributed by atoms with van der Waals surface area (Å²) in [7, 11) is -9.78. The first-order valence-electron chi connectivity index (χ1n) is 1.53. The van der Waals surface area contributed by atoms with Crippen molar-refractivity contribution < 1.29 is 58.0 Å². The predicted octanol–water partition coefficient (Wildman–Crippen LogP) is -3.12. The smallest absolute Gasteiger partial charge is 0.756 e. The molecular weight excluding hydrogens is 255 g/mol. The first-order chi connectivity index (χ1) is 4.00. The molecule has 11 heteroatoms. The maximum Gasteiger partial charge on any atom is 2.00 e. The Labute approximate surface area is 74.1 Å². The van der Waals surface area contributed by atoms with Gasteiger partial charge >= 0.3 is 19.5 Å². The molecule has 0 aromatic carbocycles. The van der Waals surface area contributed by atoms with E-state index in [0.717, 1.165) is 0 Å². The van der Waals surface area contributed by atoms with Gasteiger partial charge in [-0.15, -0.1) is 0 Å². The molecule has 0 aliphatic rings. The van der Waals surface area contributed by atoms with Gasteiger partial charge in [0.15, 0.2) is 0 Å². The van der Waals surface area contributed by atoms with Gasteiger partial charge in [-0.25, -0.2) is 0 Å². The topological polar surface area (TPSA) is 161 Å². The molecule has 0 aliphatic carbocycles. The maximum absolute atomic E-state index is 8.77. The largest absolute Gasteiger partial charge is 2.00 e. The van der Waals surface area contributed by atoms with Gasteiger partial charge in [0.25, 0.3) is 15.6 Å². The summed E-state index contributed by atoms with van der Waals surface area (Å²) >= 11 is 0. The van der Waals surface area contributed by atoms with Crippen LogP contribution in [0.4, 0.5) is 0 Å². The van der Waals surface area contributed by atoms with Crippen LogP contribution in [0.15, 0.2) is 0 Å². The SMILES string of the molecule is O=P([O-])(O)O.O=P([O-])(O)O.[Zn+2]. The summed E-state index contributed by atoms with van der Waals surface area (Å²) in [5.74, 6) is 0. The quantitative estimate of drug-likeness (QED) is 0.262. The van der Waals surface area contributed by atoms with Crippen LogP contribution in [0.1, 0.15) is 0 Å². The van der Waals surface area contributed by atoms with E-state index < -0.39 is 15.6 Å². The van der Waals surface area contributed by atoms with E-state index in [1.807, 2.05) is 0 Å². The third-order valence-corrected chi connectivity index (χ3v) is 0. The van der Waals surface area contributed by atoms with E-state index in [1.54, 1.807) is 0 Å². The van der Waals surface area contributed by atoms with Crippen LogP contribution < -0.4 is 9.79 Å². The molecule has 4 N–H and O–H groups in total. The second-order valence-electron chi connectivity index (χ2n) is 0.981. The molecule has 0 radical (unpaired) electrons. The number of rotatable bonds is 0. The molecule has 0 aromatic rings. The van der Waals surface area contributed by atoms with Crippen molar-refractivity contribution in [2.45, 2.75) is 0 Å². The molecule has 0 fully saturated rings. The zero-order valence-electron chi connectivity index (χ0n) is 5.02. The minimum atomic E-state index is -4.89. The predicted molar refractivity (Wildman–Crippen MR) is 24.1 cm³/mol. The molecule has 8 nitrogen and oxygen atoms in total. The van der Waals surface area contributed by atoms with E-state index in [-0.39, 0.29) is 19.5 Å². The van der Waals surface area contributed by atoms with E-state index in [9.17, 15) is 0 Å². The van der Waals surface area contributed by atoms with Gasteiger partial charge < -0.3 is 29.4 Å². The average molecular weight is 259 g/mol. The Kier molecular flexibility index (Phi) is 10.3. The summed E-state index contributed by atoms with van der Waals surface area (Å²) in [5.41, 5.74) is 0. The van der Waals surface area contributed by atoms with Gasteiger partial charge in [-0.3, -0.25) is 9.13 Å².